The SMILES string of the molecule is CCCCN=C(NCCc1ccco1)NC1CCN(c2ccc(C)cn2)CC1. The molecule has 0 atom stereocenters. The van der Waals surface area contributed by atoms with E-state index in [-0.39, 0.29) is 0 Å². The quantitative estimate of drug-likeness (QED) is 0.415. The molecule has 1 aliphatic heterocycles. The second-order valence-electron chi connectivity index (χ2n) is 7.44. The number of aliphatic imine (C=N–C) groups is 1. The van der Waals surface area contributed by atoms with Gasteiger partial charge in [-0.1, -0.05) is 19.4 Å². The van der Waals surface area contributed by atoms with Gasteiger partial charge in [0.25, 0.3) is 0 Å². The Morgan fingerprint density at radius 3 is 2.82 bits per heavy atom. The zero-order valence-corrected chi connectivity index (χ0v) is 17.2. The average Bonchev–Trinajstić information content (AvgIpc) is 3.23. The molecule has 0 saturated carbocycles. The Kier molecular flexibility index (Phi) is 7.76. The maximum atomic E-state index is 5.41. The van der Waals surface area contributed by atoms with E-state index in [2.05, 4.69) is 46.5 Å². The fraction of sp³-hybridized carbons (Fsp3) is 0.545. The molecular weight excluding hydrogens is 350 g/mol. The van der Waals surface area contributed by atoms with Crippen molar-refractivity contribution in [1.82, 2.24) is 15.6 Å². The number of aromatic nitrogens is 1. The Morgan fingerprint density at radius 2 is 2.14 bits per heavy atom. The Labute approximate surface area is 168 Å². The first-order valence-corrected chi connectivity index (χ1v) is 10.5. The number of guanidine groups is 1. The van der Waals surface area contributed by atoms with Crippen LogP contribution in [0, 0.1) is 6.92 Å². The van der Waals surface area contributed by atoms with E-state index in [4.69, 9.17) is 9.41 Å². The van der Waals surface area contributed by atoms with Gasteiger partial charge in [0.15, 0.2) is 5.96 Å². The molecule has 6 heteroatoms. The summed E-state index contributed by atoms with van der Waals surface area (Å²) in [7, 11) is 0. The van der Waals surface area contributed by atoms with Crippen LogP contribution >= 0.6 is 0 Å². The highest BCUT2D eigenvalue weighted by molar-refractivity contribution is 5.80. The highest BCUT2D eigenvalue weighted by atomic mass is 16.3. The number of unbranched alkanes of at least 4 members (excludes halogenated alkanes) is 1. The van der Waals surface area contributed by atoms with Gasteiger partial charge in [-0.05, 0) is 49.9 Å². The van der Waals surface area contributed by atoms with Gasteiger partial charge in [0, 0.05) is 44.8 Å². The van der Waals surface area contributed by atoms with E-state index in [1.165, 1.54) is 5.56 Å². The van der Waals surface area contributed by atoms with Crippen molar-refractivity contribution in [3.8, 4) is 0 Å². The van der Waals surface area contributed by atoms with E-state index in [0.29, 0.717) is 6.04 Å². The van der Waals surface area contributed by atoms with Crippen LogP contribution in [-0.4, -0.2) is 43.2 Å². The zero-order chi connectivity index (χ0) is 19.6. The smallest absolute Gasteiger partial charge is 0.191 e. The molecule has 2 aromatic rings. The summed E-state index contributed by atoms with van der Waals surface area (Å²) in [6.45, 7) is 7.98. The van der Waals surface area contributed by atoms with Gasteiger partial charge < -0.3 is 20.0 Å². The van der Waals surface area contributed by atoms with E-state index in [9.17, 15) is 0 Å². The normalized spacial score (nSPS) is 15.6. The number of rotatable bonds is 8. The van der Waals surface area contributed by atoms with Crippen LogP contribution in [0.2, 0.25) is 0 Å². The molecule has 1 aliphatic rings. The summed E-state index contributed by atoms with van der Waals surface area (Å²) < 4.78 is 5.41. The van der Waals surface area contributed by atoms with Crippen molar-refractivity contribution in [3.63, 3.8) is 0 Å². The molecule has 0 aromatic carbocycles. The summed E-state index contributed by atoms with van der Waals surface area (Å²) in [4.78, 5) is 11.7. The van der Waals surface area contributed by atoms with Crippen LogP contribution in [0.1, 0.15) is 43.9 Å². The van der Waals surface area contributed by atoms with Gasteiger partial charge >= 0.3 is 0 Å². The Balaban J connectivity index is 1.47. The molecule has 0 aliphatic carbocycles. The standard InChI is InChI=1S/C22H33N5O/c1-3-4-12-23-22(24-13-9-20-6-5-16-28-20)26-19-10-14-27(15-11-19)21-8-7-18(2)17-25-21/h5-8,16-17,19H,3-4,9-15H2,1-2H3,(H2,23,24,26). The molecule has 3 heterocycles. The number of aryl methyl sites for hydroxylation is 1. The van der Waals surface area contributed by atoms with E-state index in [1.807, 2.05) is 18.3 Å². The van der Waals surface area contributed by atoms with E-state index in [0.717, 1.165) is 75.8 Å². The molecule has 6 nitrogen and oxygen atoms in total. The highest BCUT2D eigenvalue weighted by Crippen LogP contribution is 2.18. The molecule has 0 amide bonds. The molecule has 1 fully saturated rings. The molecule has 28 heavy (non-hydrogen) atoms. The molecule has 2 aromatic heterocycles. The van der Waals surface area contributed by atoms with Crippen LogP contribution in [0.3, 0.4) is 0 Å². The third kappa shape index (κ3) is 6.29. The zero-order valence-electron chi connectivity index (χ0n) is 17.2. The van der Waals surface area contributed by atoms with E-state index < -0.39 is 0 Å². The third-order valence-corrected chi connectivity index (χ3v) is 5.08. The van der Waals surface area contributed by atoms with Crippen LogP contribution in [0.4, 0.5) is 5.82 Å². The number of nitrogens with zero attached hydrogens (tertiary/aromatic N) is 3. The molecule has 0 unspecified atom stereocenters. The fourth-order valence-corrected chi connectivity index (χ4v) is 3.35. The number of hydrogen-bond donors (Lipinski definition) is 2. The van der Waals surface area contributed by atoms with Crippen LogP contribution in [0.25, 0.3) is 0 Å². The summed E-state index contributed by atoms with van der Waals surface area (Å²) in [6.07, 6.45) is 8.97. The van der Waals surface area contributed by atoms with Crippen LogP contribution in [0.15, 0.2) is 46.1 Å². The lowest BCUT2D eigenvalue weighted by molar-refractivity contribution is 0.458. The van der Waals surface area contributed by atoms with Gasteiger partial charge in [-0.3, -0.25) is 4.99 Å². The van der Waals surface area contributed by atoms with Crippen LogP contribution < -0.4 is 15.5 Å². The maximum absolute atomic E-state index is 5.41. The Hall–Kier alpha value is -2.50. The van der Waals surface area contributed by atoms with Crippen LogP contribution in [-0.2, 0) is 6.42 Å². The molecule has 0 spiro atoms. The van der Waals surface area contributed by atoms with Gasteiger partial charge in [-0.2, -0.15) is 0 Å². The molecule has 2 N–H and O–H groups in total. The summed E-state index contributed by atoms with van der Waals surface area (Å²) in [6, 6.07) is 8.64. The third-order valence-electron chi connectivity index (χ3n) is 5.08. The monoisotopic (exact) mass is 383 g/mol. The molecule has 3 rings (SSSR count). The number of nitrogens with one attached hydrogen (secondary N) is 2. The Bertz CT molecular complexity index is 703. The predicted molar refractivity (Wildman–Crippen MR) is 115 cm³/mol. The van der Waals surface area contributed by atoms with Crippen molar-refractivity contribution in [1.29, 1.82) is 0 Å². The van der Waals surface area contributed by atoms with Crippen molar-refractivity contribution >= 4 is 11.8 Å². The lowest BCUT2D eigenvalue weighted by Gasteiger charge is -2.34. The minimum absolute atomic E-state index is 0.443. The first-order valence-electron chi connectivity index (χ1n) is 10.5. The number of hydrogen-bond acceptors (Lipinski definition) is 4. The van der Waals surface area contributed by atoms with Crippen molar-refractivity contribution in [2.24, 2.45) is 4.99 Å². The van der Waals surface area contributed by atoms with Gasteiger partial charge in [0.05, 0.1) is 6.26 Å². The second kappa shape index (κ2) is 10.7. The van der Waals surface area contributed by atoms with E-state index >= 15 is 0 Å². The van der Waals surface area contributed by atoms with Gasteiger partial charge in [-0.25, -0.2) is 4.98 Å². The minimum atomic E-state index is 0.443. The fourth-order valence-electron chi connectivity index (χ4n) is 3.35. The van der Waals surface area contributed by atoms with Gasteiger partial charge in [-0.15, -0.1) is 0 Å². The second-order valence-corrected chi connectivity index (χ2v) is 7.44. The molecule has 0 bridgehead atoms. The number of furan rings is 1. The molecule has 152 valence electrons. The predicted octanol–water partition coefficient (Wildman–Crippen LogP) is 3.53. The number of pyridine rings is 1. The average molecular weight is 384 g/mol. The number of piperidine rings is 1. The summed E-state index contributed by atoms with van der Waals surface area (Å²) in [5.41, 5.74) is 1.20. The minimum Gasteiger partial charge on any atom is -0.469 e. The van der Waals surface area contributed by atoms with E-state index in [1.54, 1.807) is 6.26 Å². The lowest BCUT2D eigenvalue weighted by Crippen LogP contribution is -2.49. The molecule has 1 saturated heterocycles. The van der Waals surface area contributed by atoms with Crippen molar-refractivity contribution in [2.45, 2.75) is 52.0 Å². The lowest BCUT2D eigenvalue weighted by atomic mass is 10.1. The van der Waals surface area contributed by atoms with Gasteiger partial charge in [0.1, 0.15) is 11.6 Å². The first kappa shape index (κ1) is 20.2. The van der Waals surface area contributed by atoms with Crippen molar-refractivity contribution in [3.05, 3.63) is 48.0 Å². The molecule has 0 radical (unpaired) electrons. The summed E-state index contributed by atoms with van der Waals surface area (Å²) in [5.74, 6) is 3.00. The van der Waals surface area contributed by atoms with Crippen LogP contribution in [0.5, 0.6) is 0 Å². The maximum Gasteiger partial charge on any atom is 0.191 e. The highest BCUT2D eigenvalue weighted by Gasteiger charge is 2.20. The Morgan fingerprint density at radius 1 is 1.29 bits per heavy atom. The van der Waals surface area contributed by atoms with Gasteiger partial charge in [0.2, 0.25) is 0 Å². The molecular formula is C22H33N5O. The summed E-state index contributed by atoms with van der Waals surface area (Å²) >= 11 is 0. The summed E-state index contributed by atoms with van der Waals surface area (Å²) in [5, 5.41) is 7.10. The largest absolute Gasteiger partial charge is 0.469 e. The number of anilines is 1. The topological polar surface area (TPSA) is 65.7 Å². The first-order chi connectivity index (χ1) is 13.7. The van der Waals surface area contributed by atoms with Crippen molar-refractivity contribution in [2.75, 3.05) is 31.1 Å². The van der Waals surface area contributed by atoms with Crippen molar-refractivity contribution < 1.29 is 4.42 Å².